The predicted octanol–water partition coefficient (Wildman–Crippen LogP) is 3.52. The highest BCUT2D eigenvalue weighted by molar-refractivity contribution is 9.10. The zero-order chi connectivity index (χ0) is 19.0. The first-order valence-electron chi connectivity index (χ1n) is 8.53. The molecule has 2 aromatic heterocycles. The van der Waals surface area contributed by atoms with Crippen molar-refractivity contribution >= 4 is 43.8 Å². The van der Waals surface area contributed by atoms with Crippen molar-refractivity contribution in [2.24, 2.45) is 0 Å². The van der Waals surface area contributed by atoms with Gasteiger partial charge in [0.05, 0.1) is 12.4 Å². The number of benzene rings is 2. The molecule has 0 aliphatic heterocycles. The number of nitrogens with zero attached hydrogens (tertiary/aromatic N) is 2. The van der Waals surface area contributed by atoms with Crippen molar-refractivity contribution in [3.8, 4) is 0 Å². The highest BCUT2D eigenvalue weighted by atomic mass is 79.9. The van der Waals surface area contributed by atoms with Gasteiger partial charge in [0.2, 0.25) is 5.91 Å². The molecule has 1 atom stereocenters. The number of nitrogens with one attached hydrogen (secondary N) is 2. The number of carbonyl (C=O) groups is 1. The van der Waals surface area contributed by atoms with Crippen LogP contribution in [0.25, 0.3) is 21.9 Å². The summed E-state index contributed by atoms with van der Waals surface area (Å²) >= 11 is 3.43. The fourth-order valence-corrected chi connectivity index (χ4v) is 3.50. The summed E-state index contributed by atoms with van der Waals surface area (Å²) in [6.45, 7) is 1.82. The molecule has 4 rings (SSSR count). The van der Waals surface area contributed by atoms with Gasteiger partial charge >= 0.3 is 0 Å². The topological polar surface area (TPSA) is 79.8 Å². The van der Waals surface area contributed by atoms with Crippen LogP contribution in [-0.4, -0.2) is 20.4 Å². The van der Waals surface area contributed by atoms with Gasteiger partial charge in [0.15, 0.2) is 0 Å². The number of hydrogen-bond acceptors (Lipinski definition) is 3. The molecule has 0 fully saturated rings. The largest absolute Gasteiger partial charge is 0.349 e. The monoisotopic (exact) mass is 424 g/mol. The third-order valence-corrected chi connectivity index (χ3v) is 5.02. The Hall–Kier alpha value is -2.93. The van der Waals surface area contributed by atoms with E-state index in [1.807, 2.05) is 55.5 Å². The smallest absolute Gasteiger partial charge is 0.278 e. The van der Waals surface area contributed by atoms with Crippen LogP contribution >= 0.6 is 15.9 Å². The van der Waals surface area contributed by atoms with Gasteiger partial charge < -0.3 is 10.3 Å². The fraction of sp³-hybridized carbons (Fsp3) is 0.150. The molecule has 2 aromatic carbocycles. The summed E-state index contributed by atoms with van der Waals surface area (Å²) in [6.07, 6.45) is 1.42. The van der Waals surface area contributed by atoms with Crippen LogP contribution < -0.4 is 10.9 Å². The molecule has 0 aliphatic carbocycles. The second-order valence-corrected chi connectivity index (χ2v) is 7.33. The van der Waals surface area contributed by atoms with Crippen LogP contribution in [0.3, 0.4) is 0 Å². The second-order valence-electron chi connectivity index (χ2n) is 6.42. The van der Waals surface area contributed by atoms with Crippen molar-refractivity contribution in [2.75, 3.05) is 0 Å². The number of halogens is 1. The van der Waals surface area contributed by atoms with Crippen LogP contribution in [0.1, 0.15) is 18.5 Å². The van der Waals surface area contributed by atoms with E-state index in [9.17, 15) is 9.59 Å². The lowest BCUT2D eigenvalue weighted by atomic mass is 10.1. The Kier molecular flexibility index (Phi) is 4.53. The molecule has 0 saturated carbocycles. The van der Waals surface area contributed by atoms with Gasteiger partial charge in [-0.1, -0.05) is 46.3 Å². The highest BCUT2D eigenvalue weighted by Gasteiger charge is 2.14. The minimum Gasteiger partial charge on any atom is -0.349 e. The van der Waals surface area contributed by atoms with Crippen LogP contribution in [-0.2, 0) is 11.3 Å². The number of rotatable bonds is 4. The van der Waals surface area contributed by atoms with Gasteiger partial charge in [-0.25, -0.2) is 4.98 Å². The summed E-state index contributed by atoms with van der Waals surface area (Å²) in [5, 5.41) is 3.78. The lowest BCUT2D eigenvalue weighted by molar-refractivity contribution is -0.122. The second kappa shape index (κ2) is 7.00. The van der Waals surface area contributed by atoms with E-state index in [0.29, 0.717) is 11.0 Å². The summed E-state index contributed by atoms with van der Waals surface area (Å²) in [6, 6.07) is 15.2. The van der Waals surface area contributed by atoms with Crippen molar-refractivity contribution in [3.05, 3.63) is 75.2 Å². The van der Waals surface area contributed by atoms with Gasteiger partial charge in [-0.3, -0.25) is 14.2 Å². The third kappa shape index (κ3) is 3.38. The molecule has 1 amide bonds. The molecule has 0 unspecified atom stereocenters. The number of fused-ring (bicyclic) bond motifs is 3. The first-order chi connectivity index (χ1) is 13.0. The lowest BCUT2D eigenvalue weighted by Crippen LogP contribution is -2.34. The zero-order valence-corrected chi connectivity index (χ0v) is 16.2. The molecule has 27 heavy (non-hydrogen) atoms. The van der Waals surface area contributed by atoms with Gasteiger partial charge in [-0.2, -0.15) is 0 Å². The molecule has 4 aromatic rings. The average molecular weight is 425 g/mol. The number of aromatic amines is 1. The van der Waals surface area contributed by atoms with E-state index in [-0.39, 0.29) is 24.1 Å². The molecule has 7 heteroatoms. The van der Waals surface area contributed by atoms with Gasteiger partial charge in [0, 0.05) is 15.4 Å². The molecular formula is C20H17BrN4O2. The zero-order valence-electron chi connectivity index (χ0n) is 14.6. The number of aromatic nitrogens is 3. The maximum Gasteiger partial charge on any atom is 0.278 e. The van der Waals surface area contributed by atoms with Gasteiger partial charge in [-0.05, 0) is 30.7 Å². The van der Waals surface area contributed by atoms with Crippen molar-refractivity contribution in [1.82, 2.24) is 19.9 Å². The Morgan fingerprint density at radius 3 is 2.81 bits per heavy atom. The van der Waals surface area contributed by atoms with E-state index < -0.39 is 0 Å². The van der Waals surface area contributed by atoms with Crippen LogP contribution in [0.5, 0.6) is 0 Å². The van der Waals surface area contributed by atoms with E-state index in [1.54, 1.807) is 0 Å². The molecule has 2 heterocycles. The molecule has 136 valence electrons. The SMILES string of the molecule is C[C@@H](NC(=O)Cn1cnc2c([nH]c3ccc(Br)cc32)c1=O)c1ccccc1. The quantitative estimate of drug-likeness (QED) is 0.525. The minimum atomic E-state index is -0.269. The van der Waals surface area contributed by atoms with Crippen molar-refractivity contribution in [1.29, 1.82) is 0 Å². The normalized spacial score (nSPS) is 12.4. The molecule has 0 bridgehead atoms. The molecule has 0 aliphatic rings. The average Bonchev–Trinajstić information content (AvgIpc) is 3.03. The summed E-state index contributed by atoms with van der Waals surface area (Å²) in [5.41, 5.74) is 2.57. The maximum absolute atomic E-state index is 12.8. The lowest BCUT2D eigenvalue weighted by Gasteiger charge is -2.14. The first kappa shape index (κ1) is 17.5. The number of carbonyl (C=O) groups excluding carboxylic acids is 1. The van der Waals surface area contributed by atoms with Gasteiger partial charge in [0.25, 0.3) is 5.56 Å². The number of H-pyrrole nitrogens is 1. The van der Waals surface area contributed by atoms with Crippen LogP contribution in [0.4, 0.5) is 0 Å². The predicted molar refractivity (Wildman–Crippen MR) is 109 cm³/mol. The Morgan fingerprint density at radius 2 is 2.04 bits per heavy atom. The number of hydrogen-bond donors (Lipinski definition) is 2. The molecule has 6 nitrogen and oxygen atoms in total. The number of amides is 1. The molecule has 0 spiro atoms. The highest BCUT2D eigenvalue weighted by Crippen LogP contribution is 2.24. The van der Waals surface area contributed by atoms with Gasteiger partial charge in [0.1, 0.15) is 17.6 Å². The van der Waals surface area contributed by atoms with E-state index >= 15 is 0 Å². The summed E-state index contributed by atoms with van der Waals surface area (Å²) in [5.74, 6) is -0.242. The maximum atomic E-state index is 12.8. The van der Waals surface area contributed by atoms with Crippen LogP contribution in [0.2, 0.25) is 0 Å². The Morgan fingerprint density at radius 1 is 1.26 bits per heavy atom. The third-order valence-electron chi connectivity index (χ3n) is 4.53. The molecule has 0 saturated heterocycles. The first-order valence-corrected chi connectivity index (χ1v) is 9.33. The minimum absolute atomic E-state index is 0.0853. The summed E-state index contributed by atoms with van der Waals surface area (Å²) in [7, 11) is 0. The Bertz CT molecular complexity index is 1200. The van der Waals surface area contributed by atoms with E-state index in [4.69, 9.17) is 0 Å². The van der Waals surface area contributed by atoms with E-state index in [1.165, 1.54) is 10.9 Å². The molecule has 2 N–H and O–H groups in total. The van der Waals surface area contributed by atoms with Crippen molar-refractivity contribution in [2.45, 2.75) is 19.5 Å². The molecule has 0 radical (unpaired) electrons. The Balaban J connectivity index is 1.60. The fourth-order valence-electron chi connectivity index (χ4n) is 3.14. The molecular weight excluding hydrogens is 408 g/mol. The van der Waals surface area contributed by atoms with Gasteiger partial charge in [-0.15, -0.1) is 0 Å². The van der Waals surface area contributed by atoms with Crippen molar-refractivity contribution in [3.63, 3.8) is 0 Å². The van der Waals surface area contributed by atoms with Crippen LogP contribution in [0.15, 0.2) is 64.1 Å². The standard InChI is InChI=1S/C20H17BrN4O2/c1-12(13-5-3-2-4-6-13)23-17(26)10-25-11-22-18-15-9-14(21)7-8-16(15)24-19(18)20(25)27/h2-9,11-12,24H,10H2,1H3,(H,23,26)/t12-/m1/s1. The summed E-state index contributed by atoms with van der Waals surface area (Å²) in [4.78, 5) is 32.7. The van der Waals surface area contributed by atoms with Crippen LogP contribution in [0, 0.1) is 0 Å². The summed E-state index contributed by atoms with van der Waals surface area (Å²) < 4.78 is 2.23. The van der Waals surface area contributed by atoms with Crippen molar-refractivity contribution < 1.29 is 4.79 Å². The van der Waals surface area contributed by atoms with E-state index in [0.717, 1.165) is 20.9 Å². The van der Waals surface area contributed by atoms with E-state index in [2.05, 4.69) is 31.2 Å². The Labute approximate surface area is 163 Å².